The molecule has 0 aliphatic carbocycles. The highest BCUT2D eigenvalue weighted by atomic mass is 16.6. The summed E-state index contributed by atoms with van der Waals surface area (Å²) >= 11 is 0. The molecule has 288 valence electrons. The lowest BCUT2D eigenvalue weighted by atomic mass is 10.1. The van der Waals surface area contributed by atoms with Crippen molar-refractivity contribution in [3.63, 3.8) is 0 Å². The van der Waals surface area contributed by atoms with Gasteiger partial charge in [-0.3, -0.25) is 14.4 Å². The van der Waals surface area contributed by atoms with Crippen LogP contribution < -0.4 is 26.6 Å². The number of unbranched alkanes of at least 4 members (excludes halogenated alkanes) is 9. The Hall–Kier alpha value is -4.61. The molecular weight excluding hydrogens is 662 g/mol. The van der Waals surface area contributed by atoms with Gasteiger partial charge in [-0.1, -0.05) is 92.8 Å². The summed E-state index contributed by atoms with van der Waals surface area (Å²) < 4.78 is 10.3. The number of ether oxygens (including phenoxy) is 2. The number of amides is 5. The van der Waals surface area contributed by atoms with Crippen LogP contribution in [0.15, 0.2) is 60.7 Å². The van der Waals surface area contributed by atoms with E-state index in [4.69, 9.17) is 9.47 Å². The average Bonchev–Trinajstić information content (AvgIpc) is 3.16. The Kier molecular flexibility index (Phi) is 25.2. The smallest absolute Gasteiger partial charge is 0.407 e. The summed E-state index contributed by atoms with van der Waals surface area (Å²) in [6.07, 6.45) is 11.8. The molecule has 0 saturated carbocycles. The molecule has 0 radical (unpaired) electrons. The van der Waals surface area contributed by atoms with E-state index >= 15 is 0 Å². The zero-order chi connectivity index (χ0) is 37.3. The van der Waals surface area contributed by atoms with E-state index in [1.165, 1.54) is 0 Å². The van der Waals surface area contributed by atoms with Gasteiger partial charge < -0.3 is 36.1 Å². The molecule has 52 heavy (non-hydrogen) atoms. The monoisotopic (exact) mass is 723 g/mol. The molecule has 0 atom stereocenters. The van der Waals surface area contributed by atoms with Crippen molar-refractivity contribution in [2.75, 3.05) is 32.7 Å². The van der Waals surface area contributed by atoms with Gasteiger partial charge in [0.25, 0.3) is 0 Å². The van der Waals surface area contributed by atoms with E-state index in [0.29, 0.717) is 52.0 Å². The fraction of sp³-hybridized carbons (Fsp3) is 0.575. The number of benzene rings is 2. The Labute approximate surface area is 309 Å². The molecule has 12 heteroatoms. The maximum atomic E-state index is 12.1. The third-order valence-electron chi connectivity index (χ3n) is 8.28. The lowest BCUT2D eigenvalue weighted by Crippen LogP contribution is -2.26. The average molecular weight is 724 g/mol. The van der Waals surface area contributed by atoms with E-state index in [0.717, 1.165) is 94.6 Å². The summed E-state index contributed by atoms with van der Waals surface area (Å²) in [4.78, 5) is 59.6. The molecule has 0 bridgehead atoms. The molecule has 0 spiro atoms. The van der Waals surface area contributed by atoms with Crippen molar-refractivity contribution < 1.29 is 33.4 Å². The zero-order valence-corrected chi connectivity index (χ0v) is 30.9. The summed E-state index contributed by atoms with van der Waals surface area (Å²) in [6, 6.07) is 19.1. The minimum atomic E-state index is -0.433. The lowest BCUT2D eigenvalue weighted by molar-refractivity contribution is -0.122. The quantitative estimate of drug-likeness (QED) is 0.0604. The Morgan fingerprint density at radius 2 is 0.654 bits per heavy atom. The Balaban J connectivity index is 1.26. The topological polar surface area (TPSA) is 164 Å². The van der Waals surface area contributed by atoms with E-state index < -0.39 is 12.2 Å². The maximum Gasteiger partial charge on any atom is 0.407 e. The van der Waals surface area contributed by atoms with Crippen LogP contribution in [0.3, 0.4) is 0 Å². The van der Waals surface area contributed by atoms with E-state index in [1.54, 1.807) is 0 Å². The number of alkyl carbamates (subject to hydrolysis) is 2. The molecule has 5 N–H and O–H groups in total. The molecule has 0 unspecified atom stereocenters. The van der Waals surface area contributed by atoms with Gasteiger partial charge in [0.2, 0.25) is 17.7 Å². The predicted molar refractivity (Wildman–Crippen MR) is 202 cm³/mol. The van der Waals surface area contributed by atoms with Crippen molar-refractivity contribution in [3.8, 4) is 0 Å². The molecule has 0 fully saturated rings. The van der Waals surface area contributed by atoms with Crippen molar-refractivity contribution in [1.82, 2.24) is 26.6 Å². The van der Waals surface area contributed by atoms with Crippen LogP contribution in [0, 0.1) is 0 Å². The lowest BCUT2D eigenvalue weighted by Gasteiger charge is -2.08. The number of hydrogen-bond donors (Lipinski definition) is 5. The molecular formula is C40H61N5O7. The van der Waals surface area contributed by atoms with Crippen LogP contribution in [0.2, 0.25) is 0 Å². The highest BCUT2D eigenvalue weighted by Crippen LogP contribution is 2.05. The van der Waals surface area contributed by atoms with Gasteiger partial charge in [0, 0.05) is 52.0 Å². The van der Waals surface area contributed by atoms with Crippen LogP contribution in [-0.2, 0) is 37.1 Å². The molecule has 0 aromatic heterocycles. The van der Waals surface area contributed by atoms with Crippen molar-refractivity contribution >= 4 is 29.9 Å². The summed E-state index contributed by atoms with van der Waals surface area (Å²) in [5, 5.41) is 14.4. The number of rotatable bonds is 29. The highest BCUT2D eigenvalue weighted by Gasteiger charge is 2.06. The predicted octanol–water partition coefficient (Wildman–Crippen LogP) is 6.43. The zero-order valence-electron chi connectivity index (χ0n) is 30.9. The van der Waals surface area contributed by atoms with E-state index in [9.17, 15) is 24.0 Å². The van der Waals surface area contributed by atoms with Crippen molar-refractivity contribution in [2.24, 2.45) is 0 Å². The minimum Gasteiger partial charge on any atom is -0.445 e. The maximum absolute atomic E-state index is 12.1. The van der Waals surface area contributed by atoms with Crippen LogP contribution in [0.4, 0.5) is 9.59 Å². The SMILES string of the molecule is O=C(CCCCCNC(=O)CCCCCNC(=O)OCc1ccccc1)NCCCCCCNC(=O)CCCCCNC(=O)OCc1ccccc1. The summed E-state index contributed by atoms with van der Waals surface area (Å²) in [6.45, 7) is 3.48. The molecule has 12 nitrogen and oxygen atoms in total. The molecule has 0 aliphatic rings. The van der Waals surface area contributed by atoms with E-state index in [-0.39, 0.29) is 30.9 Å². The van der Waals surface area contributed by atoms with Crippen LogP contribution >= 0.6 is 0 Å². The second-order valence-corrected chi connectivity index (χ2v) is 12.9. The van der Waals surface area contributed by atoms with E-state index in [2.05, 4.69) is 26.6 Å². The molecule has 2 rings (SSSR count). The summed E-state index contributed by atoms with van der Waals surface area (Å²) in [5.74, 6) is 0.156. The first-order valence-corrected chi connectivity index (χ1v) is 19.1. The van der Waals surface area contributed by atoms with E-state index in [1.807, 2.05) is 60.7 Å². The second kappa shape index (κ2) is 30.1. The largest absolute Gasteiger partial charge is 0.445 e. The second-order valence-electron chi connectivity index (χ2n) is 12.9. The first kappa shape index (κ1) is 43.6. The van der Waals surface area contributed by atoms with Gasteiger partial charge in [-0.05, 0) is 62.5 Å². The normalized spacial score (nSPS) is 10.5. The van der Waals surface area contributed by atoms with Crippen LogP contribution in [-0.4, -0.2) is 62.6 Å². The number of hydrogen-bond acceptors (Lipinski definition) is 7. The third kappa shape index (κ3) is 25.4. The van der Waals surface area contributed by atoms with Gasteiger partial charge in [0.1, 0.15) is 13.2 Å². The number of nitrogens with one attached hydrogen (secondary N) is 5. The van der Waals surface area contributed by atoms with Crippen molar-refractivity contribution in [2.45, 2.75) is 116 Å². The number of carbonyl (C=O) groups excluding carboxylic acids is 5. The molecule has 0 aliphatic heterocycles. The van der Waals surface area contributed by atoms with Crippen LogP contribution in [0.25, 0.3) is 0 Å². The minimum absolute atomic E-state index is 0.0347. The Morgan fingerprint density at radius 1 is 0.365 bits per heavy atom. The van der Waals surface area contributed by atoms with Gasteiger partial charge in [0.05, 0.1) is 0 Å². The van der Waals surface area contributed by atoms with Crippen LogP contribution in [0.5, 0.6) is 0 Å². The third-order valence-corrected chi connectivity index (χ3v) is 8.28. The Morgan fingerprint density at radius 3 is 0.981 bits per heavy atom. The molecule has 0 heterocycles. The standard InChI is InChI=1S/C40H61N5O7/c46-36(24-12-5-17-29-43-38(48)26-14-7-19-31-45-40(50)52-33-35-22-10-4-11-23-35)41-27-15-1-2-16-28-42-37(47)25-13-6-18-30-44-39(49)51-32-34-20-8-3-9-21-34/h3-4,8-11,20-23H,1-2,5-7,12-19,24-33H2,(H,41,46)(H,42,47)(H,43,48)(H,44,49)(H,45,50). The molecule has 5 amide bonds. The summed E-state index contributed by atoms with van der Waals surface area (Å²) in [5.41, 5.74) is 1.89. The molecule has 2 aromatic carbocycles. The van der Waals surface area contributed by atoms with Gasteiger partial charge >= 0.3 is 12.2 Å². The van der Waals surface area contributed by atoms with Crippen molar-refractivity contribution in [3.05, 3.63) is 71.8 Å². The fourth-order valence-corrected chi connectivity index (χ4v) is 5.24. The van der Waals surface area contributed by atoms with Gasteiger partial charge in [0.15, 0.2) is 0 Å². The van der Waals surface area contributed by atoms with Crippen molar-refractivity contribution in [1.29, 1.82) is 0 Å². The Bertz CT molecular complexity index is 1260. The van der Waals surface area contributed by atoms with Gasteiger partial charge in [-0.2, -0.15) is 0 Å². The first-order chi connectivity index (χ1) is 25.4. The number of carbonyl (C=O) groups is 5. The molecule has 2 aromatic rings. The first-order valence-electron chi connectivity index (χ1n) is 19.1. The molecule has 0 saturated heterocycles. The fourth-order valence-electron chi connectivity index (χ4n) is 5.24. The van der Waals surface area contributed by atoms with Gasteiger partial charge in [-0.15, -0.1) is 0 Å². The van der Waals surface area contributed by atoms with Crippen LogP contribution in [0.1, 0.15) is 114 Å². The summed E-state index contributed by atoms with van der Waals surface area (Å²) in [7, 11) is 0. The van der Waals surface area contributed by atoms with Gasteiger partial charge in [-0.25, -0.2) is 9.59 Å². The highest BCUT2D eigenvalue weighted by molar-refractivity contribution is 5.76.